The zero-order valence-corrected chi connectivity index (χ0v) is 6.15. The van der Waals surface area contributed by atoms with Crippen LogP contribution >= 0.6 is 0 Å². The highest BCUT2D eigenvalue weighted by atomic mass is 15.1. The SMILES string of the molecule is CC(C)N1CC#CCC1. The first-order valence-electron chi connectivity index (χ1n) is 3.50. The highest BCUT2D eigenvalue weighted by Gasteiger charge is 2.07. The first kappa shape index (κ1) is 6.64. The predicted octanol–water partition coefficient (Wildman–Crippen LogP) is 1.10. The molecule has 50 valence electrons. The molecule has 1 nitrogen and oxygen atoms in total. The van der Waals surface area contributed by atoms with Crippen molar-refractivity contribution >= 4 is 0 Å². The zero-order chi connectivity index (χ0) is 6.69. The Bertz CT molecular complexity index is 138. The van der Waals surface area contributed by atoms with E-state index in [1.807, 2.05) is 0 Å². The summed E-state index contributed by atoms with van der Waals surface area (Å²) in [5, 5.41) is 0. The summed E-state index contributed by atoms with van der Waals surface area (Å²) < 4.78 is 0. The van der Waals surface area contributed by atoms with Gasteiger partial charge in [-0.1, -0.05) is 5.92 Å². The van der Waals surface area contributed by atoms with E-state index >= 15 is 0 Å². The molecular weight excluding hydrogens is 110 g/mol. The van der Waals surface area contributed by atoms with Crippen molar-refractivity contribution in [3.8, 4) is 11.8 Å². The maximum absolute atomic E-state index is 3.09. The van der Waals surface area contributed by atoms with Crippen molar-refractivity contribution in [2.24, 2.45) is 0 Å². The van der Waals surface area contributed by atoms with E-state index in [4.69, 9.17) is 0 Å². The monoisotopic (exact) mass is 123 g/mol. The predicted molar refractivity (Wildman–Crippen MR) is 39.1 cm³/mol. The fourth-order valence-electron chi connectivity index (χ4n) is 0.965. The van der Waals surface area contributed by atoms with Crippen LogP contribution in [0.1, 0.15) is 20.3 Å². The van der Waals surface area contributed by atoms with E-state index in [1.165, 1.54) is 0 Å². The Morgan fingerprint density at radius 1 is 1.33 bits per heavy atom. The molecule has 0 saturated carbocycles. The van der Waals surface area contributed by atoms with Crippen molar-refractivity contribution in [2.45, 2.75) is 26.3 Å². The summed E-state index contributed by atoms with van der Waals surface area (Å²) in [4.78, 5) is 2.39. The van der Waals surface area contributed by atoms with E-state index in [0.29, 0.717) is 6.04 Å². The summed E-state index contributed by atoms with van der Waals surface area (Å²) in [6, 6.07) is 0.666. The van der Waals surface area contributed by atoms with Crippen molar-refractivity contribution in [3.63, 3.8) is 0 Å². The van der Waals surface area contributed by atoms with Crippen LogP contribution < -0.4 is 0 Å². The number of hydrogen-bond donors (Lipinski definition) is 0. The van der Waals surface area contributed by atoms with Crippen molar-refractivity contribution < 1.29 is 0 Å². The van der Waals surface area contributed by atoms with Crippen LogP contribution in [0.5, 0.6) is 0 Å². The quantitative estimate of drug-likeness (QED) is 0.472. The highest BCUT2D eigenvalue weighted by Crippen LogP contribution is 2.00. The van der Waals surface area contributed by atoms with Gasteiger partial charge in [0.2, 0.25) is 0 Å². The molecule has 0 N–H and O–H groups in total. The van der Waals surface area contributed by atoms with E-state index in [1.54, 1.807) is 0 Å². The molecule has 0 amide bonds. The summed E-state index contributed by atoms with van der Waals surface area (Å²) in [5.74, 6) is 6.17. The molecule has 1 rings (SSSR count). The first-order chi connectivity index (χ1) is 4.30. The summed E-state index contributed by atoms with van der Waals surface area (Å²) in [7, 11) is 0. The molecule has 0 radical (unpaired) electrons. The molecule has 9 heavy (non-hydrogen) atoms. The molecule has 1 aliphatic rings. The Morgan fingerprint density at radius 2 is 2.11 bits per heavy atom. The Hall–Kier alpha value is -0.480. The van der Waals surface area contributed by atoms with Gasteiger partial charge in [0.15, 0.2) is 0 Å². The van der Waals surface area contributed by atoms with Crippen LogP contribution in [-0.2, 0) is 0 Å². The second-order valence-electron chi connectivity index (χ2n) is 2.67. The smallest absolute Gasteiger partial charge is 0.0604 e. The van der Waals surface area contributed by atoms with Gasteiger partial charge in [-0.05, 0) is 13.8 Å². The minimum absolute atomic E-state index is 0.666. The van der Waals surface area contributed by atoms with Crippen molar-refractivity contribution in [3.05, 3.63) is 0 Å². The van der Waals surface area contributed by atoms with Gasteiger partial charge in [0.1, 0.15) is 0 Å². The van der Waals surface area contributed by atoms with Crippen LogP contribution in [0.2, 0.25) is 0 Å². The molecule has 0 aliphatic carbocycles. The Kier molecular flexibility index (Phi) is 2.13. The summed E-state index contributed by atoms with van der Waals surface area (Å²) >= 11 is 0. The second-order valence-corrected chi connectivity index (χ2v) is 2.67. The number of rotatable bonds is 1. The largest absolute Gasteiger partial charge is 0.289 e. The van der Waals surface area contributed by atoms with Gasteiger partial charge in [0.05, 0.1) is 6.54 Å². The third-order valence-electron chi connectivity index (χ3n) is 1.66. The van der Waals surface area contributed by atoms with Crippen LogP contribution in [0.25, 0.3) is 0 Å². The molecule has 0 atom stereocenters. The third-order valence-corrected chi connectivity index (χ3v) is 1.66. The standard InChI is InChI=1S/C8H13N/c1-8(2)9-6-4-3-5-7-9/h8H,4,6-7H2,1-2H3. The Morgan fingerprint density at radius 3 is 2.44 bits per heavy atom. The fourth-order valence-corrected chi connectivity index (χ4v) is 0.965. The lowest BCUT2D eigenvalue weighted by Gasteiger charge is -2.24. The van der Waals surface area contributed by atoms with E-state index in [0.717, 1.165) is 19.5 Å². The summed E-state index contributed by atoms with van der Waals surface area (Å²) in [5.41, 5.74) is 0. The molecule has 1 aliphatic heterocycles. The number of hydrogen-bond acceptors (Lipinski definition) is 1. The van der Waals surface area contributed by atoms with Crippen molar-refractivity contribution in [1.82, 2.24) is 4.90 Å². The Balaban J connectivity index is 2.39. The molecule has 0 bridgehead atoms. The molecule has 1 heteroatoms. The molecule has 1 heterocycles. The van der Waals surface area contributed by atoms with Gasteiger partial charge in [-0.3, -0.25) is 4.90 Å². The van der Waals surface area contributed by atoms with Gasteiger partial charge in [-0.2, -0.15) is 0 Å². The molecule has 0 aromatic rings. The summed E-state index contributed by atoms with van der Waals surface area (Å²) in [6.45, 7) is 6.56. The number of nitrogens with zero attached hydrogens (tertiary/aromatic N) is 1. The van der Waals surface area contributed by atoms with Gasteiger partial charge in [0.25, 0.3) is 0 Å². The lowest BCUT2D eigenvalue weighted by molar-refractivity contribution is 0.251. The first-order valence-corrected chi connectivity index (χ1v) is 3.50. The lowest BCUT2D eigenvalue weighted by atomic mass is 10.2. The second kappa shape index (κ2) is 2.89. The molecule has 0 aromatic heterocycles. The maximum atomic E-state index is 3.09. The van der Waals surface area contributed by atoms with Gasteiger partial charge < -0.3 is 0 Å². The van der Waals surface area contributed by atoms with E-state index in [-0.39, 0.29) is 0 Å². The molecular formula is C8H13N. The van der Waals surface area contributed by atoms with Gasteiger partial charge in [0, 0.05) is 19.0 Å². The average molecular weight is 123 g/mol. The molecule has 0 fully saturated rings. The average Bonchev–Trinajstić information content (AvgIpc) is 1.90. The zero-order valence-electron chi connectivity index (χ0n) is 6.15. The van der Waals surface area contributed by atoms with Crippen LogP contribution in [-0.4, -0.2) is 24.0 Å². The van der Waals surface area contributed by atoms with Crippen molar-refractivity contribution in [2.75, 3.05) is 13.1 Å². The Labute approximate surface area is 57.0 Å². The topological polar surface area (TPSA) is 3.24 Å². The molecule has 0 saturated heterocycles. The van der Waals surface area contributed by atoms with E-state index in [9.17, 15) is 0 Å². The van der Waals surface area contributed by atoms with Crippen LogP contribution in [0, 0.1) is 11.8 Å². The molecule has 0 spiro atoms. The van der Waals surface area contributed by atoms with Crippen LogP contribution in [0.15, 0.2) is 0 Å². The van der Waals surface area contributed by atoms with Gasteiger partial charge in [-0.15, -0.1) is 5.92 Å². The maximum Gasteiger partial charge on any atom is 0.0604 e. The van der Waals surface area contributed by atoms with Gasteiger partial charge in [-0.25, -0.2) is 0 Å². The lowest BCUT2D eigenvalue weighted by Crippen LogP contribution is -2.33. The highest BCUT2D eigenvalue weighted by molar-refractivity contribution is 5.05. The van der Waals surface area contributed by atoms with Crippen LogP contribution in [0.4, 0.5) is 0 Å². The summed E-state index contributed by atoms with van der Waals surface area (Å²) in [6.07, 6.45) is 1.05. The van der Waals surface area contributed by atoms with E-state index < -0.39 is 0 Å². The normalized spacial score (nSPS) is 19.4. The van der Waals surface area contributed by atoms with Crippen molar-refractivity contribution in [1.29, 1.82) is 0 Å². The molecule has 0 unspecified atom stereocenters. The molecule has 0 aromatic carbocycles. The fraction of sp³-hybridized carbons (Fsp3) is 0.750. The minimum atomic E-state index is 0.666. The van der Waals surface area contributed by atoms with E-state index in [2.05, 4.69) is 30.6 Å². The third kappa shape index (κ3) is 1.73. The van der Waals surface area contributed by atoms with Crippen LogP contribution in [0.3, 0.4) is 0 Å². The van der Waals surface area contributed by atoms with Gasteiger partial charge >= 0.3 is 0 Å². The minimum Gasteiger partial charge on any atom is -0.289 e.